The van der Waals surface area contributed by atoms with Crippen LogP contribution in [0.1, 0.15) is 51.9 Å². The maximum Gasteiger partial charge on any atom is 0.222 e. The van der Waals surface area contributed by atoms with Crippen molar-refractivity contribution in [3.63, 3.8) is 0 Å². The van der Waals surface area contributed by atoms with Gasteiger partial charge in [0.05, 0.1) is 6.10 Å². The quantitative estimate of drug-likeness (QED) is 0.817. The largest absolute Gasteiger partial charge is 0.393 e. The van der Waals surface area contributed by atoms with Crippen molar-refractivity contribution in [1.29, 1.82) is 0 Å². The molecule has 1 aliphatic heterocycles. The average Bonchev–Trinajstić information content (AvgIpc) is 2.96. The van der Waals surface area contributed by atoms with E-state index in [1.165, 1.54) is 25.7 Å². The van der Waals surface area contributed by atoms with Gasteiger partial charge in [0.15, 0.2) is 0 Å². The standard InChI is InChI=1S/C14H25NO2/c1-11(16)13-8-9-15(10-13)14(17)7-6-12-4-2-3-5-12/h11-13,16H,2-10H2,1H3. The van der Waals surface area contributed by atoms with Gasteiger partial charge in [0, 0.05) is 25.4 Å². The van der Waals surface area contributed by atoms with Crippen LogP contribution < -0.4 is 0 Å². The molecule has 98 valence electrons. The number of hydrogen-bond donors (Lipinski definition) is 1. The molecule has 3 heteroatoms. The zero-order valence-corrected chi connectivity index (χ0v) is 10.9. The van der Waals surface area contributed by atoms with Gasteiger partial charge in [-0.3, -0.25) is 4.79 Å². The maximum absolute atomic E-state index is 12.0. The third kappa shape index (κ3) is 3.44. The van der Waals surface area contributed by atoms with Gasteiger partial charge in [-0.15, -0.1) is 0 Å². The molecule has 17 heavy (non-hydrogen) atoms. The molecule has 2 fully saturated rings. The second-order valence-electron chi connectivity index (χ2n) is 5.82. The van der Waals surface area contributed by atoms with E-state index in [1.807, 2.05) is 11.8 Å². The zero-order valence-electron chi connectivity index (χ0n) is 10.9. The summed E-state index contributed by atoms with van der Waals surface area (Å²) in [5.41, 5.74) is 0. The monoisotopic (exact) mass is 239 g/mol. The molecule has 1 saturated heterocycles. The normalized spacial score (nSPS) is 27.6. The second-order valence-corrected chi connectivity index (χ2v) is 5.82. The first kappa shape index (κ1) is 12.9. The predicted molar refractivity (Wildman–Crippen MR) is 67.6 cm³/mol. The molecule has 0 bridgehead atoms. The van der Waals surface area contributed by atoms with Crippen molar-refractivity contribution in [3.05, 3.63) is 0 Å². The van der Waals surface area contributed by atoms with Crippen molar-refractivity contribution < 1.29 is 9.90 Å². The summed E-state index contributed by atoms with van der Waals surface area (Å²) in [6.07, 6.45) is 7.84. The van der Waals surface area contributed by atoms with Gasteiger partial charge in [-0.05, 0) is 25.7 Å². The van der Waals surface area contributed by atoms with Crippen LogP contribution in [0.5, 0.6) is 0 Å². The molecule has 2 atom stereocenters. The van der Waals surface area contributed by atoms with Crippen LogP contribution in [-0.2, 0) is 4.79 Å². The van der Waals surface area contributed by atoms with Crippen LogP contribution in [0.4, 0.5) is 0 Å². The Labute approximate surface area is 104 Å². The van der Waals surface area contributed by atoms with Crippen molar-refractivity contribution in [1.82, 2.24) is 4.90 Å². The van der Waals surface area contributed by atoms with E-state index >= 15 is 0 Å². The summed E-state index contributed by atoms with van der Waals surface area (Å²) in [5.74, 6) is 1.40. The highest BCUT2D eigenvalue weighted by Crippen LogP contribution is 2.29. The third-order valence-electron chi connectivity index (χ3n) is 4.50. The molecule has 0 aromatic heterocycles. The second kappa shape index (κ2) is 5.85. The van der Waals surface area contributed by atoms with Crippen LogP contribution in [0, 0.1) is 11.8 Å². The number of aliphatic hydroxyl groups excluding tert-OH is 1. The van der Waals surface area contributed by atoms with Gasteiger partial charge in [0.25, 0.3) is 0 Å². The van der Waals surface area contributed by atoms with Gasteiger partial charge >= 0.3 is 0 Å². The molecule has 0 aromatic rings. The van der Waals surface area contributed by atoms with E-state index in [9.17, 15) is 9.90 Å². The number of likely N-dealkylation sites (tertiary alicyclic amines) is 1. The van der Waals surface area contributed by atoms with Crippen LogP contribution in [0.2, 0.25) is 0 Å². The van der Waals surface area contributed by atoms with Crippen LogP contribution in [-0.4, -0.2) is 35.1 Å². The van der Waals surface area contributed by atoms with Gasteiger partial charge in [0.2, 0.25) is 5.91 Å². The number of carbonyl (C=O) groups is 1. The molecule has 1 heterocycles. The summed E-state index contributed by atoms with van der Waals surface area (Å²) >= 11 is 0. The molecule has 0 radical (unpaired) electrons. The molecule has 0 aromatic carbocycles. The van der Waals surface area contributed by atoms with Gasteiger partial charge in [-0.25, -0.2) is 0 Å². The minimum absolute atomic E-state index is 0.275. The van der Waals surface area contributed by atoms with E-state index in [0.717, 1.165) is 38.3 Å². The molecule has 1 N–H and O–H groups in total. The number of amides is 1. The van der Waals surface area contributed by atoms with E-state index < -0.39 is 0 Å². The topological polar surface area (TPSA) is 40.5 Å². The first-order chi connectivity index (χ1) is 8.16. The molecule has 2 unspecified atom stereocenters. The van der Waals surface area contributed by atoms with Crippen LogP contribution in [0.15, 0.2) is 0 Å². The highest BCUT2D eigenvalue weighted by Gasteiger charge is 2.29. The van der Waals surface area contributed by atoms with Crippen molar-refractivity contribution in [2.45, 2.75) is 58.0 Å². The molecule has 1 saturated carbocycles. The fraction of sp³-hybridized carbons (Fsp3) is 0.929. The van der Waals surface area contributed by atoms with Crippen molar-refractivity contribution >= 4 is 5.91 Å². The van der Waals surface area contributed by atoms with E-state index in [2.05, 4.69) is 0 Å². The predicted octanol–water partition coefficient (Wildman–Crippen LogP) is 2.19. The van der Waals surface area contributed by atoms with E-state index in [4.69, 9.17) is 0 Å². The SMILES string of the molecule is CC(O)C1CCN(C(=O)CCC2CCCC2)C1. The summed E-state index contributed by atoms with van der Waals surface area (Å²) in [6.45, 7) is 3.44. The lowest BCUT2D eigenvalue weighted by molar-refractivity contribution is -0.130. The van der Waals surface area contributed by atoms with E-state index in [0.29, 0.717) is 11.8 Å². The smallest absolute Gasteiger partial charge is 0.222 e. The first-order valence-corrected chi connectivity index (χ1v) is 7.12. The van der Waals surface area contributed by atoms with Gasteiger partial charge in [0.1, 0.15) is 0 Å². The Morgan fingerprint density at radius 3 is 2.65 bits per heavy atom. The lowest BCUT2D eigenvalue weighted by Crippen LogP contribution is -2.30. The Hall–Kier alpha value is -0.570. The first-order valence-electron chi connectivity index (χ1n) is 7.12. The summed E-state index contributed by atoms with van der Waals surface area (Å²) in [6, 6.07) is 0. The van der Waals surface area contributed by atoms with Crippen molar-refractivity contribution in [2.75, 3.05) is 13.1 Å². The summed E-state index contributed by atoms with van der Waals surface area (Å²) < 4.78 is 0. The highest BCUT2D eigenvalue weighted by atomic mass is 16.3. The molecule has 0 spiro atoms. The van der Waals surface area contributed by atoms with E-state index in [1.54, 1.807) is 0 Å². The lowest BCUT2D eigenvalue weighted by Gasteiger charge is -2.18. The average molecular weight is 239 g/mol. The van der Waals surface area contributed by atoms with Crippen LogP contribution in [0.25, 0.3) is 0 Å². The highest BCUT2D eigenvalue weighted by molar-refractivity contribution is 5.76. The number of nitrogens with zero attached hydrogens (tertiary/aromatic N) is 1. The Balaban J connectivity index is 1.69. The molecule has 2 rings (SSSR count). The Morgan fingerprint density at radius 1 is 1.35 bits per heavy atom. The number of rotatable bonds is 4. The van der Waals surface area contributed by atoms with Crippen molar-refractivity contribution in [2.24, 2.45) is 11.8 Å². The molecule has 2 aliphatic rings. The summed E-state index contributed by atoms with van der Waals surface area (Å²) in [4.78, 5) is 14.0. The fourth-order valence-electron chi connectivity index (χ4n) is 3.19. The molecular weight excluding hydrogens is 214 g/mol. The molecule has 3 nitrogen and oxygen atoms in total. The number of aliphatic hydroxyl groups is 1. The number of carbonyl (C=O) groups excluding carboxylic acids is 1. The Bertz CT molecular complexity index is 259. The Kier molecular flexibility index (Phi) is 4.43. The van der Waals surface area contributed by atoms with Crippen LogP contribution >= 0.6 is 0 Å². The minimum Gasteiger partial charge on any atom is -0.393 e. The molecule has 1 aliphatic carbocycles. The molecular formula is C14H25NO2. The Morgan fingerprint density at radius 2 is 2.06 bits per heavy atom. The summed E-state index contributed by atoms with van der Waals surface area (Å²) in [5, 5.41) is 9.52. The minimum atomic E-state index is -0.275. The number of hydrogen-bond acceptors (Lipinski definition) is 2. The summed E-state index contributed by atoms with van der Waals surface area (Å²) in [7, 11) is 0. The maximum atomic E-state index is 12.0. The zero-order chi connectivity index (χ0) is 12.3. The van der Waals surface area contributed by atoms with Crippen LogP contribution in [0.3, 0.4) is 0 Å². The lowest BCUT2D eigenvalue weighted by atomic mass is 10.0. The van der Waals surface area contributed by atoms with Gasteiger partial charge in [-0.2, -0.15) is 0 Å². The molecule has 1 amide bonds. The van der Waals surface area contributed by atoms with Gasteiger partial charge < -0.3 is 10.0 Å². The fourth-order valence-corrected chi connectivity index (χ4v) is 3.19. The van der Waals surface area contributed by atoms with Gasteiger partial charge in [-0.1, -0.05) is 25.7 Å². The van der Waals surface area contributed by atoms with E-state index in [-0.39, 0.29) is 6.10 Å². The third-order valence-corrected chi connectivity index (χ3v) is 4.50. The van der Waals surface area contributed by atoms with Crippen molar-refractivity contribution in [3.8, 4) is 0 Å².